The lowest BCUT2D eigenvalue weighted by molar-refractivity contribution is -0.133. The van der Waals surface area contributed by atoms with Gasteiger partial charge in [-0.25, -0.2) is 0 Å². The van der Waals surface area contributed by atoms with Crippen molar-refractivity contribution in [3.63, 3.8) is 0 Å². The number of fused-ring (bicyclic) bond motifs is 3. The summed E-state index contributed by atoms with van der Waals surface area (Å²) in [4.78, 5) is 33.0. The van der Waals surface area contributed by atoms with Crippen molar-refractivity contribution in [3.05, 3.63) is 52.3 Å². The summed E-state index contributed by atoms with van der Waals surface area (Å²) in [6, 6.07) is 11.7. The van der Waals surface area contributed by atoms with Gasteiger partial charge < -0.3 is 24.4 Å². The van der Waals surface area contributed by atoms with Crippen LogP contribution in [0, 0.1) is 11.8 Å². The van der Waals surface area contributed by atoms with Gasteiger partial charge in [-0.2, -0.15) is 0 Å². The van der Waals surface area contributed by atoms with Gasteiger partial charge in [-0.05, 0) is 67.8 Å². The zero-order chi connectivity index (χ0) is 26.2. The molecule has 0 unspecified atom stereocenters. The SMILES string of the molecule is COc1ccc2cc3n(c2c1)C[C@@](C)(C(=O)NCCCN1C[C@H](C)C[C@H](C)C1)N(Cc1cccs1)C3=O. The predicted octanol–water partition coefficient (Wildman–Crippen LogP) is 4.61. The molecule has 3 aromatic rings. The molecule has 8 heteroatoms. The second kappa shape index (κ2) is 10.5. The summed E-state index contributed by atoms with van der Waals surface area (Å²) >= 11 is 1.61. The van der Waals surface area contributed by atoms with Crippen molar-refractivity contribution in [2.75, 3.05) is 33.3 Å². The van der Waals surface area contributed by atoms with E-state index in [0.29, 0.717) is 25.3 Å². The summed E-state index contributed by atoms with van der Waals surface area (Å²) in [5, 5.41) is 6.16. The minimum atomic E-state index is -1.02. The van der Waals surface area contributed by atoms with Crippen LogP contribution in [0.3, 0.4) is 0 Å². The van der Waals surface area contributed by atoms with E-state index in [1.165, 1.54) is 6.42 Å². The molecule has 1 saturated heterocycles. The minimum Gasteiger partial charge on any atom is -0.497 e. The second-order valence-electron chi connectivity index (χ2n) is 11.1. The molecule has 2 aliphatic rings. The van der Waals surface area contributed by atoms with E-state index in [4.69, 9.17) is 4.74 Å². The number of amides is 2. The molecule has 1 N–H and O–H groups in total. The van der Waals surface area contributed by atoms with Crippen molar-refractivity contribution < 1.29 is 14.3 Å². The Morgan fingerprint density at radius 3 is 2.68 bits per heavy atom. The topological polar surface area (TPSA) is 66.8 Å². The van der Waals surface area contributed by atoms with Crippen LogP contribution in [0.1, 0.15) is 49.0 Å². The van der Waals surface area contributed by atoms with Gasteiger partial charge in [-0.1, -0.05) is 19.9 Å². The Bertz CT molecular complexity index is 1260. The van der Waals surface area contributed by atoms with Gasteiger partial charge in [0.1, 0.15) is 17.0 Å². The van der Waals surface area contributed by atoms with Crippen LogP contribution < -0.4 is 10.1 Å². The second-order valence-corrected chi connectivity index (χ2v) is 12.1. The molecule has 5 rings (SSSR count). The number of hydrogen-bond acceptors (Lipinski definition) is 5. The molecule has 0 aliphatic carbocycles. The fourth-order valence-corrected chi connectivity index (χ4v) is 6.83. The number of ether oxygens (including phenoxy) is 1. The van der Waals surface area contributed by atoms with Crippen LogP contribution in [-0.4, -0.2) is 65.0 Å². The highest BCUT2D eigenvalue weighted by molar-refractivity contribution is 7.09. The maximum Gasteiger partial charge on any atom is 0.271 e. The van der Waals surface area contributed by atoms with Crippen molar-refractivity contribution in [2.24, 2.45) is 11.8 Å². The first-order valence-corrected chi connectivity index (χ1v) is 14.2. The Kier molecular flexibility index (Phi) is 7.32. The third-order valence-corrected chi connectivity index (χ3v) is 8.76. The number of hydrogen-bond donors (Lipinski definition) is 1. The van der Waals surface area contributed by atoms with Gasteiger partial charge in [0.2, 0.25) is 5.91 Å². The zero-order valence-corrected chi connectivity index (χ0v) is 23.1. The lowest BCUT2D eigenvalue weighted by atomic mass is 9.92. The van der Waals surface area contributed by atoms with Gasteiger partial charge >= 0.3 is 0 Å². The predicted molar refractivity (Wildman–Crippen MR) is 148 cm³/mol. The Balaban J connectivity index is 1.36. The first-order chi connectivity index (χ1) is 17.8. The third kappa shape index (κ3) is 5.14. The fourth-order valence-electron chi connectivity index (χ4n) is 6.13. The lowest BCUT2D eigenvalue weighted by Crippen LogP contribution is -2.63. The van der Waals surface area contributed by atoms with Crippen molar-refractivity contribution in [2.45, 2.75) is 52.2 Å². The average Bonchev–Trinajstić information content (AvgIpc) is 3.51. The first-order valence-electron chi connectivity index (χ1n) is 13.3. The number of carbonyl (C=O) groups is 2. The fraction of sp³-hybridized carbons (Fsp3) is 0.517. The molecule has 1 aromatic carbocycles. The number of piperidine rings is 1. The lowest BCUT2D eigenvalue weighted by Gasteiger charge is -2.44. The summed E-state index contributed by atoms with van der Waals surface area (Å²) < 4.78 is 7.43. The summed E-state index contributed by atoms with van der Waals surface area (Å²) in [5.74, 6) is 1.95. The van der Waals surface area contributed by atoms with Crippen LogP contribution in [0.2, 0.25) is 0 Å². The highest BCUT2D eigenvalue weighted by Crippen LogP contribution is 2.35. The number of methoxy groups -OCH3 is 1. The Labute approximate surface area is 223 Å². The van der Waals surface area contributed by atoms with Crippen LogP contribution in [0.4, 0.5) is 0 Å². The molecule has 4 heterocycles. The molecule has 0 radical (unpaired) electrons. The van der Waals surface area contributed by atoms with Crippen LogP contribution >= 0.6 is 11.3 Å². The molecule has 2 aromatic heterocycles. The standard InChI is InChI=1S/C29H38N4O3S/c1-20-13-21(2)17-31(16-20)11-6-10-30-28(35)29(3)19-32-25-15-23(36-4)9-8-22(25)14-26(32)27(34)33(29)18-24-7-5-12-37-24/h5,7-9,12,14-15,20-21H,6,10-11,13,16-19H2,1-4H3,(H,30,35)/t20-,21+,29-/m0/s1. The monoisotopic (exact) mass is 522 g/mol. The highest BCUT2D eigenvalue weighted by Gasteiger charge is 2.47. The van der Waals surface area contributed by atoms with E-state index in [1.807, 2.05) is 53.3 Å². The summed E-state index contributed by atoms with van der Waals surface area (Å²) in [6.07, 6.45) is 2.19. The van der Waals surface area contributed by atoms with Crippen molar-refractivity contribution >= 4 is 34.1 Å². The number of benzene rings is 1. The normalized spacial score (nSPS) is 24.3. The number of thiophene rings is 1. The Morgan fingerprint density at radius 2 is 1.97 bits per heavy atom. The number of nitrogens with zero attached hydrogens (tertiary/aromatic N) is 3. The van der Waals surface area contributed by atoms with Crippen LogP contribution in [0.25, 0.3) is 10.9 Å². The van der Waals surface area contributed by atoms with Gasteiger partial charge in [0.05, 0.1) is 25.7 Å². The molecule has 2 amide bonds. The van der Waals surface area contributed by atoms with E-state index in [0.717, 1.165) is 59.4 Å². The molecular weight excluding hydrogens is 484 g/mol. The quantitative estimate of drug-likeness (QED) is 0.439. The van der Waals surface area contributed by atoms with Gasteiger partial charge in [0.15, 0.2) is 0 Å². The maximum atomic E-state index is 13.9. The summed E-state index contributed by atoms with van der Waals surface area (Å²) in [7, 11) is 1.64. The molecule has 2 aliphatic heterocycles. The molecule has 7 nitrogen and oxygen atoms in total. The van der Waals surface area contributed by atoms with Crippen LogP contribution in [0.15, 0.2) is 41.8 Å². The van der Waals surface area contributed by atoms with E-state index in [1.54, 1.807) is 23.3 Å². The molecule has 1 fully saturated rings. The average molecular weight is 523 g/mol. The van der Waals surface area contributed by atoms with Crippen molar-refractivity contribution in [1.29, 1.82) is 0 Å². The number of aromatic nitrogens is 1. The van der Waals surface area contributed by atoms with E-state index >= 15 is 0 Å². The van der Waals surface area contributed by atoms with E-state index in [-0.39, 0.29) is 11.8 Å². The molecule has 37 heavy (non-hydrogen) atoms. The van der Waals surface area contributed by atoms with Gasteiger partial charge in [-0.15, -0.1) is 11.3 Å². The summed E-state index contributed by atoms with van der Waals surface area (Å²) in [6.45, 7) is 11.2. The van der Waals surface area contributed by atoms with Gasteiger partial charge in [-0.3, -0.25) is 9.59 Å². The number of likely N-dealkylation sites (tertiary alicyclic amines) is 1. The Morgan fingerprint density at radius 1 is 1.19 bits per heavy atom. The molecule has 0 bridgehead atoms. The number of nitrogens with one attached hydrogen (secondary N) is 1. The Hall–Kier alpha value is -2.84. The summed E-state index contributed by atoms with van der Waals surface area (Å²) in [5.41, 5.74) is 0.501. The smallest absolute Gasteiger partial charge is 0.271 e. The molecule has 198 valence electrons. The minimum absolute atomic E-state index is 0.104. The van der Waals surface area contributed by atoms with E-state index in [9.17, 15) is 9.59 Å². The molecular formula is C29H38N4O3S. The van der Waals surface area contributed by atoms with Gasteiger partial charge in [0.25, 0.3) is 5.91 Å². The maximum absolute atomic E-state index is 13.9. The van der Waals surface area contributed by atoms with Crippen LogP contribution in [-0.2, 0) is 17.9 Å². The molecule has 0 saturated carbocycles. The molecule has 3 atom stereocenters. The zero-order valence-electron chi connectivity index (χ0n) is 22.3. The highest BCUT2D eigenvalue weighted by atomic mass is 32.1. The van der Waals surface area contributed by atoms with Gasteiger partial charge in [0, 0.05) is 36.0 Å². The third-order valence-electron chi connectivity index (χ3n) is 7.90. The largest absolute Gasteiger partial charge is 0.497 e. The van der Waals surface area contributed by atoms with E-state index in [2.05, 4.69) is 24.1 Å². The molecule has 0 spiro atoms. The van der Waals surface area contributed by atoms with Crippen LogP contribution in [0.5, 0.6) is 5.75 Å². The van der Waals surface area contributed by atoms with E-state index < -0.39 is 5.54 Å². The van der Waals surface area contributed by atoms with Crippen molar-refractivity contribution in [1.82, 2.24) is 19.7 Å². The van der Waals surface area contributed by atoms with Crippen molar-refractivity contribution in [3.8, 4) is 5.75 Å². The number of carbonyl (C=O) groups excluding carboxylic acids is 2. The number of rotatable bonds is 8. The first kappa shape index (κ1) is 25.8.